The molecule has 1 aromatic carbocycles. The summed E-state index contributed by atoms with van der Waals surface area (Å²) in [5.74, 6) is -0.464. The van der Waals surface area contributed by atoms with Crippen LogP contribution in [0.15, 0.2) is 47.4 Å². The first-order valence-corrected chi connectivity index (χ1v) is 13.3. The first-order valence-electron chi connectivity index (χ1n) is 10.4. The van der Waals surface area contributed by atoms with Crippen LogP contribution in [0.5, 0.6) is 6.01 Å². The second-order valence-electron chi connectivity index (χ2n) is 9.41. The standard InChI is InChI=1S/C22H28N2O6Si/c1-22(2,3)31(4,5)27-13-15-17(29-20(26)14-9-7-6-8-10-14)18-19(28-15)24-12-11-16(25)23-21(24)30-18/h6-12,15,17-19H,13H2,1-5H3/t15-,17-,18+,19-/m1/s1. The molecule has 4 atom stereocenters. The van der Waals surface area contributed by atoms with Crippen LogP contribution >= 0.6 is 0 Å². The first kappa shape index (κ1) is 21.7. The van der Waals surface area contributed by atoms with Gasteiger partial charge in [0, 0.05) is 12.3 Å². The molecule has 2 aliphatic heterocycles. The summed E-state index contributed by atoms with van der Waals surface area (Å²) in [5.41, 5.74) is 0.0417. The fourth-order valence-corrected chi connectivity index (χ4v) is 4.42. The smallest absolute Gasteiger partial charge is 0.338 e. The zero-order valence-electron chi connectivity index (χ0n) is 18.4. The normalized spacial score (nSPS) is 24.9. The van der Waals surface area contributed by atoms with E-state index in [-0.39, 0.29) is 17.7 Å². The Morgan fingerprint density at radius 1 is 1.19 bits per heavy atom. The summed E-state index contributed by atoms with van der Waals surface area (Å²) in [4.78, 5) is 28.3. The van der Waals surface area contributed by atoms with E-state index < -0.39 is 44.4 Å². The Labute approximate surface area is 182 Å². The van der Waals surface area contributed by atoms with Crippen LogP contribution in [0, 0.1) is 0 Å². The zero-order valence-corrected chi connectivity index (χ0v) is 19.4. The quantitative estimate of drug-likeness (QED) is 0.517. The third-order valence-corrected chi connectivity index (χ3v) is 10.8. The molecule has 0 unspecified atom stereocenters. The molecule has 166 valence electrons. The van der Waals surface area contributed by atoms with Gasteiger partial charge in [-0.15, -0.1) is 0 Å². The fraction of sp³-hybridized carbons (Fsp3) is 0.500. The van der Waals surface area contributed by atoms with Crippen molar-refractivity contribution in [2.45, 2.75) is 63.4 Å². The summed E-state index contributed by atoms with van der Waals surface area (Å²) in [6.07, 6.45) is -0.800. The molecule has 1 saturated heterocycles. The molecule has 0 spiro atoms. The van der Waals surface area contributed by atoms with Crippen molar-refractivity contribution in [2.75, 3.05) is 6.61 Å². The van der Waals surface area contributed by atoms with Gasteiger partial charge in [-0.05, 0) is 30.3 Å². The van der Waals surface area contributed by atoms with Crippen molar-refractivity contribution in [3.63, 3.8) is 0 Å². The topological polar surface area (TPSA) is 88.9 Å². The van der Waals surface area contributed by atoms with E-state index >= 15 is 0 Å². The highest BCUT2D eigenvalue weighted by molar-refractivity contribution is 6.74. The summed E-state index contributed by atoms with van der Waals surface area (Å²) in [5, 5.41) is 0.0317. The number of carbonyl (C=O) groups excluding carboxylic acids is 1. The number of fused-ring (bicyclic) bond motifs is 3. The van der Waals surface area contributed by atoms with Crippen LogP contribution in [0.2, 0.25) is 18.1 Å². The molecule has 0 bridgehead atoms. The van der Waals surface area contributed by atoms with Gasteiger partial charge in [-0.2, -0.15) is 4.98 Å². The van der Waals surface area contributed by atoms with Crippen LogP contribution in [-0.2, 0) is 13.9 Å². The van der Waals surface area contributed by atoms with E-state index in [2.05, 4.69) is 38.8 Å². The molecular formula is C22H28N2O6Si. The summed E-state index contributed by atoms with van der Waals surface area (Å²) >= 11 is 0. The molecule has 8 nitrogen and oxygen atoms in total. The summed E-state index contributed by atoms with van der Waals surface area (Å²) < 4.78 is 26.0. The Kier molecular flexibility index (Phi) is 5.53. The lowest BCUT2D eigenvalue weighted by Gasteiger charge is -2.37. The first-order chi connectivity index (χ1) is 14.6. The average molecular weight is 445 g/mol. The lowest BCUT2D eigenvalue weighted by Crippen LogP contribution is -2.46. The number of hydrogen-bond donors (Lipinski definition) is 0. The Bertz CT molecular complexity index is 1020. The van der Waals surface area contributed by atoms with Gasteiger partial charge in [-0.25, -0.2) is 4.79 Å². The molecule has 2 aliphatic rings. The van der Waals surface area contributed by atoms with Crippen molar-refractivity contribution in [1.29, 1.82) is 0 Å². The van der Waals surface area contributed by atoms with Crippen LogP contribution in [0.4, 0.5) is 0 Å². The van der Waals surface area contributed by atoms with Crippen molar-refractivity contribution in [2.24, 2.45) is 0 Å². The number of carbonyl (C=O) groups is 1. The number of aromatic nitrogens is 2. The minimum Gasteiger partial charge on any atom is -0.452 e. The van der Waals surface area contributed by atoms with Crippen LogP contribution in [0.1, 0.15) is 37.4 Å². The van der Waals surface area contributed by atoms with Crippen LogP contribution in [0.25, 0.3) is 0 Å². The maximum atomic E-state index is 12.8. The molecule has 2 aromatic rings. The summed E-state index contributed by atoms with van der Waals surface area (Å²) in [6.45, 7) is 11.1. The van der Waals surface area contributed by atoms with E-state index in [0.29, 0.717) is 5.56 Å². The molecule has 0 aliphatic carbocycles. The van der Waals surface area contributed by atoms with Gasteiger partial charge < -0.3 is 18.6 Å². The molecule has 9 heteroatoms. The minimum atomic E-state index is -2.04. The van der Waals surface area contributed by atoms with E-state index in [0.717, 1.165) is 0 Å². The second kappa shape index (κ2) is 7.89. The van der Waals surface area contributed by atoms with Crippen LogP contribution in [-0.4, -0.2) is 48.8 Å². The van der Waals surface area contributed by atoms with E-state index in [1.807, 2.05) is 6.07 Å². The van der Waals surface area contributed by atoms with E-state index in [4.69, 9.17) is 18.6 Å². The molecule has 4 rings (SSSR count). The zero-order chi connectivity index (χ0) is 22.4. The Balaban J connectivity index is 1.58. The van der Waals surface area contributed by atoms with Crippen molar-refractivity contribution >= 4 is 14.3 Å². The second-order valence-corrected chi connectivity index (χ2v) is 14.2. The Hall–Kier alpha value is -2.49. The third kappa shape index (κ3) is 4.17. The monoisotopic (exact) mass is 444 g/mol. The number of ether oxygens (including phenoxy) is 3. The number of rotatable bonds is 5. The molecule has 0 saturated carbocycles. The predicted octanol–water partition coefficient (Wildman–Crippen LogP) is 3.15. The number of esters is 1. The maximum absolute atomic E-state index is 12.8. The van der Waals surface area contributed by atoms with Gasteiger partial charge in [0.2, 0.25) is 0 Å². The molecule has 0 N–H and O–H groups in total. The molecule has 1 aromatic heterocycles. The van der Waals surface area contributed by atoms with Crippen molar-refractivity contribution in [1.82, 2.24) is 9.55 Å². The van der Waals surface area contributed by atoms with Crippen LogP contribution < -0.4 is 10.3 Å². The van der Waals surface area contributed by atoms with Gasteiger partial charge in [0.05, 0.1) is 12.2 Å². The van der Waals surface area contributed by atoms with Gasteiger partial charge in [0.25, 0.3) is 5.56 Å². The van der Waals surface area contributed by atoms with Gasteiger partial charge in [-0.3, -0.25) is 9.36 Å². The van der Waals surface area contributed by atoms with Crippen molar-refractivity contribution in [3.05, 3.63) is 58.5 Å². The molecule has 3 heterocycles. The summed E-state index contributed by atoms with van der Waals surface area (Å²) in [6, 6.07) is 10.3. The van der Waals surface area contributed by atoms with E-state index in [1.54, 1.807) is 35.0 Å². The molecule has 0 radical (unpaired) electrons. The van der Waals surface area contributed by atoms with Crippen LogP contribution in [0.3, 0.4) is 0 Å². The van der Waals surface area contributed by atoms with Gasteiger partial charge in [0.15, 0.2) is 26.8 Å². The van der Waals surface area contributed by atoms with Crippen molar-refractivity contribution in [3.8, 4) is 6.01 Å². The highest BCUT2D eigenvalue weighted by atomic mass is 28.4. The predicted molar refractivity (Wildman–Crippen MR) is 116 cm³/mol. The molecule has 31 heavy (non-hydrogen) atoms. The molecular weight excluding hydrogens is 416 g/mol. The Morgan fingerprint density at radius 2 is 1.90 bits per heavy atom. The SMILES string of the molecule is CC(C)(C)[Si](C)(C)OC[C@H]1O[C@@H]2[C@@H](Oc3nc(=O)ccn32)[C@@H]1OC(=O)c1ccccc1. The van der Waals surface area contributed by atoms with Crippen molar-refractivity contribution < 1.29 is 23.4 Å². The molecule has 0 amide bonds. The number of nitrogens with zero attached hydrogens (tertiary/aromatic N) is 2. The Morgan fingerprint density at radius 3 is 2.58 bits per heavy atom. The third-order valence-electron chi connectivity index (χ3n) is 6.27. The van der Waals surface area contributed by atoms with E-state index in [9.17, 15) is 9.59 Å². The number of benzene rings is 1. The average Bonchev–Trinajstić information content (AvgIpc) is 3.22. The molecule has 1 fully saturated rings. The lowest BCUT2D eigenvalue weighted by atomic mass is 10.1. The summed E-state index contributed by atoms with van der Waals surface area (Å²) in [7, 11) is -2.04. The lowest BCUT2D eigenvalue weighted by molar-refractivity contribution is -0.0489. The van der Waals surface area contributed by atoms with Gasteiger partial charge >= 0.3 is 12.0 Å². The number of hydrogen-bond acceptors (Lipinski definition) is 7. The minimum absolute atomic E-state index is 0.0317. The van der Waals surface area contributed by atoms with Gasteiger partial charge in [0.1, 0.15) is 6.10 Å². The largest absolute Gasteiger partial charge is 0.452 e. The maximum Gasteiger partial charge on any atom is 0.338 e. The highest BCUT2D eigenvalue weighted by Gasteiger charge is 2.54. The fourth-order valence-electron chi connectivity index (χ4n) is 3.41. The highest BCUT2D eigenvalue weighted by Crippen LogP contribution is 2.42. The van der Waals surface area contributed by atoms with Gasteiger partial charge in [-0.1, -0.05) is 39.0 Å². The van der Waals surface area contributed by atoms with E-state index in [1.165, 1.54) is 6.07 Å².